The molecule has 2 atom stereocenters. The number of carbonyl (C=O) groups is 1. The summed E-state index contributed by atoms with van der Waals surface area (Å²) >= 11 is 0. The van der Waals surface area contributed by atoms with E-state index in [1.165, 1.54) is 0 Å². The molecule has 0 aliphatic heterocycles. The highest BCUT2D eigenvalue weighted by Gasteiger charge is 2.24. The summed E-state index contributed by atoms with van der Waals surface area (Å²) in [6.45, 7) is -0.232. The molecule has 1 aliphatic rings. The van der Waals surface area contributed by atoms with E-state index in [0.717, 1.165) is 19.3 Å². The lowest BCUT2D eigenvalue weighted by Gasteiger charge is -2.21. The van der Waals surface area contributed by atoms with Crippen LogP contribution in [-0.4, -0.2) is 28.7 Å². The standard InChI is InChI=1S/C9H16O3/c10-6-8(11)5-7-3-1-2-4-9(7)12/h7-8,10-11H,1-6H2. The second-order valence-corrected chi connectivity index (χ2v) is 3.48. The minimum Gasteiger partial charge on any atom is -0.394 e. The van der Waals surface area contributed by atoms with Crippen LogP contribution in [-0.2, 0) is 4.79 Å². The number of Topliss-reactive ketones (excluding diaryl/α,β-unsaturated/α-hetero) is 1. The Morgan fingerprint density at radius 3 is 2.83 bits per heavy atom. The SMILES string of the molecule is O=C1CCCCC1CC(O)CO. The van der Waals surface area contributed by atoms with Gasteiger partial charge in [-0.05, 0) is 19.3 Å². The van der Waals surface area contributed by atoms with Gasteiger partial charge in [0.1, 0.15) is 5.78 Å². The van der Waals surface area contributed by atoms with E-state index in [1.807, 2.05) is 0 Å². The molecule has 12 heavy (non-hydrogen) atoms. The van der Waals surface area contributed by atoms with Crippen LogP contribution in [0.25, 0.3) is 0 Å². The molecule has 0 aromatic heterocycles. The fourth-order valence-corrected chi connectivity index (χ4v) is 1.71. The van der Waals surface area contributed by atoms with E-state index in [9.17, 15) is 4.79 Å². The summed E-state index contributed by atoms with van der Waals surface area (Å²) in [5.74, 6) is 0.259. The van der Waals surface area contributed by atoms with Gasteiger partial charge in [0, 0.05) is 12.3 Å². The third kappa shape index (κ3) is 2.57. The van der Waals surface area contributed by atoms with Crippen molar-refractivity contribution >= 4 is 5.78 Å². The average molecular weight is 172 g/mol. The van der Waals surface area contributed by atoms with Crippen molar-refractivity contribution in [1.82, 2.24) is 0 Å². The minimum absolute atomic E-state index is 0.000833. The van der Waals surface area contributed by atoms with Crippen molar-refractivity contribution < 1.29 is 15.0 Å². The molecule has 3 heteroatoms. The number of hydrogen-bond donors (Lipinski definition) is 2. The van der Waals surface area contributed by atoms with Gasteiger partial charge in [0.15, 0.2) is 0 Å². The zero-order valence-corrected chi connectivity index (χ0v) is 7.20. The molecule has 1 aliphatic carbocycles. The molecule has 1 fully saturated rings. The van der Waals surface area contributed by atoms with Crippen LogP contribution in [0.3, 0.4) is 0 Å². The lowest BCUT2D eigenvalue weighted by molar-refractivity contribution is -0.125. The van der Waals surface area contributed by atoms with Crippen LogP contribution in [0, 0.1) is 5.92 Å². The van der Waals surface area contributed by atoms with E-state index in [0.29, 0.717) is 12.8 Å². The van der Waals surface area contributed by atoms with Gasteiger partial charge in [-0.1, -0.05) is 6.42 Å². The molecule has 0 radical (unpaired) electrons. The summed E-state index contributed by atoms with van der Waals surface area (Å²) in [6.07, 6.45) is 3.34. The molecule has 0 heterocycles. The Morgan fingerprint density at radius 2 is 2.25 bits per heavy atom. The van der Waals surface area contributed by atoms with Gasteiger partial charge in [0.2, 0.25) is 0 Å². The van der Waals surface area contributed by atoms with Crippen LogP contribution in [0.4, 0.5) is 0 Å². The first-order chi connectivity index (χ1) is 5.74. The van der Waals surface area contributed by atoms with Gasteiger partial charge in [-0.2, -0.15) is 0 Å². The molecule has 0 aromatic carbocycles. The molecular formula is C9H16O3. The molecular weight excluding hydrogens is 156 g/mol. The highest BCUT2D eigenvalue weighted by Crippen LogP contribution is 2.24. The van der Waals surface area contributed by atoms with Gasteiger partial charge in [-0.15, -0.1) is 0 Å². The van der Waals surface area contributed by atoms with Crippen molar-refractivity contribution in [2.75, 3.05) is 6.61 Å². The van der Waals surface area contributed by atoms with E-state index in [1.54, 1.807) is 0 Å². The molecule has 1 rings (SSSR count). The molecule has 0 amide bonds. The van der Waals surface area contributed by atoms with Gasteiger partial charge in [0.25, 0.3) is 0 Å². The molecule has 1 saturated carbocycles. The maximum atomic E-state index is 11.3. The molecule has 2 N–H and O–H groups in total. The van der Waals surface area contributed by atoms with Crippen LogP contribution < -0.4 is 0 Å². The first-order valence-electron chi connectivity index (χ1n) is 4.55. The molecule has 0 spiro atoms. The quantitative estimate of drug-likeness (QED) is 0.651. The zero-order chi connectivity index (χ0) is 8.97. The summed E-state index contributed by atoms with van der Waals surface area (Å²) in [4.78, 5) is 11.3. The predicted octanol–water partition coefficient (Wildman–Crippen LogP) is 0.489. The Balaban J connectivity index is 2.34. The number of carbonyl (C=O) groups excluding carboxylic acids is 1. The summed E-state index contributed by atoms with van der Waals surface area (Å²) in [5.41, 5.74) is 0. The Hall–Kier alpha value is -0.410. The van der Waals surface area contributed by atoms with E-state index in [4.69, 9.17) is 10.2 Å². The Bertz CT molecular complexity index is 156. The minimum atomic E-state index is -0.711. The van der Waals surface area contributed by atoms with Crippen LogP contribution in [0.1, 0.15) is 32.1 Å². The topological polar surface area (TPSA) is 57.5 Å². The maximum Gasteiger partial charge on any atom is 0.136 e. The van der Waals surface area contributed by atoms with E-state index in [-0.39, 0.29) is 18.3 Å². The Labute approximate surface area is 72.4 Å². The number of ketones is 1. The fourth-order valence-electron chi connectivity index (χ4n) is 1.71. The van der Waals surface area contributed by atoms with Crippen molar-refractivity contribution in [3.05, 3.63) is 0 Å². The zero-order valence-electron chi connectivity index (χ0n) is 7.20. The predicted molar refractivity (Wildman–Crippen MR) is 44.7 cm³/mol. The van der Waals surface area contributed by atoms with E-state index >= 15 is 0 Å². The molecule has 0 saturated heterocycles. The van der Waals surface area contributed by atoms with Gasteiger partial charge in [0.05, 0.1) is 12.7 Å². The summed E-state index contributed by atoms with van der Waals surface area (Å²) in [5, 5.41) is 17.7. The van der Waals surface area contributed by atoms with E-state index in [2.05, 4.69) is 0 Å². The number of hydrogen-bond acceptors (Lipinski definition) is 3. The summed E-state index contributed by atoms with van der Waals surface area (Å²) < 4.78 is 0. The smallest absolute Gasteiger partial charge is 0.136 e. The third-order valence-corrected chi connectivity index (χ3v) is 2.45. The van der Waals surface area contributed by atoms with Crippen molar-refractivity contribution in [2.45, 2.75) is 38.2 Å². The molecule has 3 nitrogen and oxygen atoms in total. The Morgan fingerprint density at radius 1 is 1.50 bits per heavy atom. The van der Waals surface area contributed by atoms with Gasteiger partial charge >= 0.3 is 0 Å². The van der Waals surface area contributed by atoms with Crippen LogP contribution in [0.5, 0.6) is 0 Å². The normalized spacial score (nSPS) is 27.2. The lowest BCUT2D eigenvalue weighted by atomic mass is 9.84. The number of aliphatic hydroxyl groups excluding tert-OH is 2. The van der Waals surface area contributed by atoms with Crippen LogP contribution >= 0.6 is 0 Å². The first kappa shape index (κ1) is 9.68. The van der Waals surface area contributed by atoms with Crippen LogP contribution in [0.2, 0.25) is 0 Å². The molecule has 70 valence electrons. The van der Waals surface area contributed by atoms with Crippen molar-refractivity contribution in [3.8, 4) is 0 Å². The Kier molecular flexibility index (Phi) is 3.69. The van der Waals surface area contributed by atoms with Crippen molar-refractivity contribution in [2.24, 2.45) is 5.92 Å². The fraction of sp³-hybridized carbons (Fsp3) is 0.889. The molecule has 2 unspecified atom stereocenters. The summed E-state index contributed by atoms with van der Waals surface area (Å²) in [7, 11) is 0. The van der Waals surface area contributed by atoms with Gasteiger partial charge in [-0.25, -0.2) is 0 Å². The molecule has 0 bridgehead atoms. The van der Waals surface area contributed by atoms with Crippen molar-refractivity contribution in [1.29, 1.82) is 0 Å². The molecule has 0 aromatic rings. The highest BCUT2D eigenvalue weighted by molar-refractivity contribution is 5.81. The van der Waals surface area contributed by atoms with E-state index < -0.39 is 6.10 Å². The monoisotopic (exact) mass is 172 g/mol. The first-order valence-corrected chi connectivity index (χ1v) is 4.55. The second-order valence-electron chi connectivity index (χ2n) is 3.48. The number of aliphatic hydroxyl groups is 2. The van der Waals surface area contributed by atoms with Gasteiger partial charge < -0.3 is 10.2 Å². The van der Waals surface area contributed by atoms with Crippen LogP contribution in [0.15, 0.2) is 0 Å². The highest BCUT2D eigenvalue weighted by atomic mass is 16.3. The average Bonchev–Trinajstić information content (AvgIpc) is 2.09. The maximum absolute atomic E-state index is 11.3. The largest absolute Gasteiger partial charge is 0.394 e. The van der Waals surface area contributed by atoms with Gasteiger partial charge in [-0.3, -0.25) is 4.79 Å². The third-order valence-electron chi connectivity index (χ3n) is 2.45. The lowest BCUT2D eigenvalue weighted by Crippen LogP contribution is -2.25. The van der Waals surface area contributed by atoms with Crippen molar-refractivity contribution in [3.63, 3.8) is 0 Å². The number of rotatable bonds is 3. The summed E-state index contributed by atoms with van der Waals surface area (Å²) in [6, 6.07) is 0. The second kappa shape index (κ2) is 4.58.